The maximum atomic E-state index is 2.28. The van der Waals surface area contributed by atoms with Crippen molar-refractivity contribution in [1.29, 1.82) is 0 Å². The molecule has 0 unspecified atom stereocenters. The molecule has 0 bridgehead atoms. The summed E-state index contributed by atoms with van der Waals surface area (Å²) in [5.41, 5.74) is 4.65. The van der Waals surface area contributed by atoms with Crippen molar-refractivity contribution in [3.8, 4) is 0 Å². The van der Waals surface area contributed by atoms with Crippen molar-refractivity contribution in [2.75, 3.05) is 0 Å². The first-order valence-electron chi connectivity index (χ1n) is 6.29. The van der Waals surface area contributed by atoms with E-state index in [0.29, 0.717) is 0 Å². The quantitative estimate of drug-likeness (QED) is 0.542. The van der Waals surface area contributed by atoms with Crippen LogP contribution in [-0.4, -0.2) is 8.41 Å². The highest BCUT2D eigenvalue weighted by Gasteiger charge is 2.26. The second kappa shape index (κ2) is 6.20. The summed E-state index contributed by atoms with van der Waals surface area (Å²) in [7, 11) is 1.05. The minimum absolute atomic E-state index is 0. The van der Waals surface area contributed by atoms with Gasteiger partial charge in [-0.1, -0.05) is 60.7 Å². The van der Waals surface area contributed by atoms with Gasteiger partial charge in [0, 0.05) is 19.7 Å². The summed E-state index contributed by atoms with van der Waals surface area (Å²) in [6.07, 6.45) is 2.70. The van der Waals surface area contributed by atoms with Crippen molar-refractivity contribution in [1.82, 2.24) is 0 Å². The Kier molecular flexibility index (Phi) is 4.61. The molecule has 1 aliphatic heterocycles. The zero-order chi connectivity index (χ0) is 11.5. The number of benzene rings is 2. The molecule has 1 heterocycles. The van der Waals surface area contributed by atoms with Gasteiger partial charge in [-0.05, 0) is 24.0 Å². The van der Waals surface area contributed by atoms with Gasteiger partial charge in [0.2, 0.25) is 0 Å². The smallest absolute Gasteiger partial charge is 0.00200 e. The van der Waals surface area contributed by atoms with Gasteiger partial charge in [-0.2, -0.15) is 0 Å². The molecule has 0 amide bonds. The molecule has 18 heavy (non-hydrogen) atoms. The Morgan fingerprint density at radius 2 is 1.06 bits per heavy atom. The number of hydrogen-bond acceptors (Lipinski definition) is 0. The lowest BCUT2D eigenvalue weighted by Gasteiger charge is -2.12. The zero-order valence-corrected chi connectivity index (χ0v) is 11.4. The molecule has 1 fully saturated rings. The summed E-state index contributed by atoms with van der Waals surface area (Å²) in [6.45, 7) is 0. The van der Waals surface area contributed by atoms with Crippen molar-refractivity contribution in [3.63, 3.8) is 0 Å². The molecule has 0 aliphatic carbocycles. The van der Waals surface area contributed by atoms with Crippen LogP contribution < -0.4 is 0 Å². The predicted octanol–water partition coefficient (Wildman–Crippen LogP) is 4.56. The summed E-state index contributed by atoms with van der Waals surface area (Å²) in [4.78, 5) is 0. The highest BCUT2D eigenvalue weighted by atomic mass is 31.1. The first-order chi connectivity index (χ1) is 8.43. The fraction of sp³-hybridized carbons (Fsp3) is 0.250. The molecule has 89 valence electrons. The summed E-state index contributed by atoms with van der Waals surface area (Å²) in [5.74, 6) is 0. The summed E-state index contributed by atoms with van der Waals surface area (Å²) in [5, 5.41) is 0. The van der Waals surface area contributed by atoms with Gasteiger partial charge in [-0.25, -0.2) is 0 Å². The van der Waals surface area contributed by atoms with Crippen molar-refractivity contribution >= 4 is 17.0 Å². The average Bonchev–Trinajstić information content (AvgIpc) is 2.90. The van der Waals surface area contributed by atoms with Crippen LogP contribution in [0.4, 0.5) is 0 Å². The molecule has 0 nitrogen and oxygen atoms in total. The largest absolute Gasteiger partial charge is 0.107 e. The second-order valence-corrected chi connectivity index (χ2v) is 6.40. The van der Waals surface area contributed by atoms with Gasteiger partial charge in [-0.3, -0.25) is 0 Å². The van der Waals surface area contributed by atoms with Crippen LogP contribution in [0.2, 0.25) is 0 Å². The fourth-order valence-electron chi connectivity index (χ4n) is 2.64. The van der Waals surface area contributed by atoms with Gasteiger partial charge in [0.25, 0.3) is 0 Å². The van der Waals surface area contributed by atoms with E-state index in [2.05, 4.69) is 60.7 Å². The Labute approximate surface area is 113 Å². The Bertz CT molecular complexity index is 423. The second-order valence-electron chi connectivity index (χ2n) is 4.67. The maximum Gasteiger partial charge on any atom is 0.00200 e. The Morgan fingerprint density at radius 1 is 0.667 bits per heavy atom. The van der Waals surface area contributed by atoms with E-state index in [4.69, 9.17) is 0 Å². The van der Waals surface area contributed by atoms with E-state index in [1.807, 2.05) is 0 Å². The standard InChI is InChI=1S/C16H17P.B/c1-3-7-13(8-4-1)15-11-12-16(17-15)14-9-5-2-6-10-14;/h1-10,15-17H,11-12H2;/t15-,16-;/m1./s1. The molecular weight excluding hydrogens is 234 g/mol. The van der Waals surface area contributed by atoms with Crippen molar-refractivity contribution in [2.24, 2.45) is 0 Å². The van der Waals surface area contributed by atoms with E-state index < -0.39 is 0 Å². The molecule has 2 atom stereocenters. The van der Waals surface area contributed by atoms with Crippen molar-refractivity contribution < 1.29 is 0 Å². The SMILES string of the molecule is [B].c1ccc([C@H]2CC[C@H](c3ccccc3)P2)cc1. The van der Waals surface area contributed by atoms with Crippen LogP contribution in [0.5, 0.6) is 0 Å². The van der Waals surface area contributed by atoms with Crippen LogP contribution in [0.3, 0.4) is 0 Å². The third kappa shape index (κ3) is 2.84. The summed E-state index contributed by atoms with van der Waals surface area (Å²) < 4.78 is 0. The van der Waals surface area contributed by atoms with Gasteiger partial charge < -0.3 is 0 Å². The van der Waals surface area contributed by atoms with Crippen LogP contribution in [-0.2, 0) is 0 Å². The van der Waals surface area contributed by atoms with Crippen molar-refractivity contribution in [3.05, 3.63) is 71.8 Å². The lowest BCUT2D eigenvalue weighted by Crippen LogP contribution is -1.85. The lowest BCUT2D eigenvalue weighted by molar-refractivity contribution is 0.765. The highest BCUT2D eigenvalue weighted by Crippen LogP contribution is 2.57. The van der Waals surface area contributed by atoms with Crippen LogP contribution in [0, 0.1) is 0 Å². The van der Waals surface area contributed by atoms with Crippen LogP contribution in [0.15, 0.2) is 60.7 Å². The van der Waals surface area contributed by atoms with E-state index in [1.165, 1.54) is 24.0 Å². The van der Waals surface area contributed by atoms with Crippen LogP contribution >= 0.6 is 8.58 Å². The number of rotatable bonds is 2. The van der Waals surface area contributed by atoms with E-state index in [9.17, 15) is 0 Å². The molecule has 3 radical (unpaired) electrons. The van der Waals surface area contributed by atoms with Gasteiger partial charge in [0.05, 0.1) is 0 Å². The average molecular weight is 251 g/mol. The molecule has 2 aromatic carbocycles. The molecule has 0 spiro atoms. The molecule has 2 heteroatoms. The van der Waals surface area contributed by atoms with Crippen molar-refractivity contribution in [2.45, 2.75) is 24.2 Å². The topological polar surface area (TPSA) is 0 Å². The normalized spacial score (nSPS) is 22.4. The Hall–Kier alpha value is -1.07. The van der Waals surface area contributed by atoms with Gasteiger partial charge in [0.15, 0.2) is 0 Å². The first-order valence-corrected chi connectivity index (χ1v) is 7.45. The van der Waals surface area contributed by atoms with Gasteiger partial charge in [0.1, 0.15) is 0 Å². The Morgan fingerprint density at radius 3 is 1.44 bits per heavy atom. The molecule has 0 aromatic heterocycles. The highest BCUT2D eigenvalue weighted by molar-refractivity contribution is 7.39. The fourth-order valence-corrected chi connectivity index (χ4v) is 4.56. The van der Waals surface area contributed by atoms with E-state index in [1.54, 1.807) is 0 Å². The van der Waals surface area contributed by atoms with Crippen LogP contribution in [0.1, 0.15) is 35.3 Å². The predicted molar refractivity (Wildman–Crippen MR) is 81.7 cm³/mol. The molecule has 1 saturated heterocycles. The van der Waals surface area contributed by atoms with E-state index in [-0.39, 0.29) is 8.41 Å². The first kappa shape index (κ1) is 13.4. The molecule has 3 rings (SSSR count). The summed E-state index contributed by atoms with van der Waals surface area (Å²) >= 11 is 0. The maximum absolute atomic E-state index is 2.28. The lowest BCUT2D eigenvalue weighted by atomic mass is 10.0. The Balaban J connectivity index is 0.00000120. The minimum Gasteiger partial charge on any atom is -0.107 e. The molecule has 0 N–H and O–H groups in total. The number of hydrogen-bond donors (Lipinski definition) is 0. The monoisotopic (exact) mass is 251 g/mol. The molecular formula is C16H17BP. The third-order valence-corrected chi connectivity index (χ3v) is 5.60. The van der Waals surface area contributed by atoms with Gasteiger partial charge in [-0.15, -0.1) is 8.58 Å². The van der Waals surface area contributed by atoms with Crippen LogP contribution in [0.25, 0.3) is 0 Å². The van der Waals surface area contributed by atoms with E-state index in [0.717, 1.165) is 19.9 Å². The summed E-state index contributed by atoms with van der Waals surface area (Å²) in [6, 6.07) is 22.0. The van der Waals surface area contributed by atoms with E-state index >= 15 is 0 Å². The zero-order valence-electron chi connectivity index (χ0n) is 10.4. The molecule has 0 saturated carbocycles. The van der Waals surface area contributed by atoms with Gasteiger partial charge >= 0.3 is 0 Å². The molecule has 2 aromatic rings. The third-order valence-electron chi connectivity index (χ3n) is 3.55. The molecule has 1 aliphatic rings. The minimum atomic E-state index is 0.